The highest BCUT2D eigenvalue weighted by Crippen LogP contribution is 2.37. The number of rotatable bonds is 10. The Kier molecular flexibility index (Phi) is 6.83. The second-order valence-corrected chi connectivity index (χ2v) is 7.85. The van der Waals surface area contributed by atoms with E-state index in [1.807, 2.05) is 0 Å². The normalized spacial score (nSPS) is 14.2. The monoisotopic (exact) mass is 458 g/mol. The maximum Gasteiger partial charge on any atom is 0.387 e. The van der Waals surface area contributed by atoms with Crippen LogP contribution in [0.2, 0.25) is 0 Å². The molecule has 0 radical (unpaired) electrons. The van der Waals surface area contributed by atoms with Crippen molar-refractivity contribution in [2.45, 2.75) is 39.0 Å². The molecule has 4 rings (SSSR count). The first-order valence-electron chi connectivity index (χ1n) is 10.6. The molecule has 3 N–H and O–H groups in total. The first-order valence-corrected chi connectivity index (χ1v) is 10.6. The molecule has 1 atom stereocenters. The average molecular weight is 458 g/mol. The fraction of sp³-hybridized carbons (Fsp3) is 0.348. The van der Waals surface area contributed by atoms with Crippen LogP contribution in [0.4, 0.5) is 8.78 Å². The van der Waals surface area contributed by atoms with Gasteiger partial charge in [0.1, 0.15) is 0 Å². The molecule has 0 spiro atoms. The Morgan fingerprint density at radius 2 is 2.00 bits per heavy atom. The summed E-state index contributed by atoms with van der Waals surface area (Å²) in [5.74, 6) is 0.376. The molecule has 0 aliphatic heterocycles. The standard InChI is InChI=1S/C23H24F2N4O4/c1-13(26)20-19(21(30)28-11-14-6-8-27-9-7-14)29-22(33-20)16-4-5-17(32-23(24)25)18(10-16)31-12-15-2-3-15/h4-10,13,15,23H,2-3,11-12,26H2,1H3,(H,28,30). The number of benzene rings is 1. The molecule has 2 heterocycles. The molecule has 1 amide bonds. The second-order valence-electron chi connectivity index (χ2n) is 7.85. The number of ether oxygens (including phenoxy) is 2. The highest BCUT2D eigenvalue weighted by molar-refractivity contribution is 5.93. The van der Waals surface area contributed by atoms with E-state index in [2.05, 4.69) is 20.0 Å². The van der Waals surface area contributed by atoms with Crippen LogP contribution in [-0.4, -0.2) is 29.1 Å². The minimum atomic E-state index is -2.98. The Balaban J connectivity index is 1.58. The van der Waals surface area contributed by atoms with E-state index in [9.17, 15) is 13.6 Å². The van der Waals surface area contributed by atoms with Gasteiger partial charge >= 0.3 is 6.61 Å². The van der Waals surface area contributed by atoms with Gasteiger partial charge in [0.15, 0.2) is 23.0 Å². The van der Waals surface area contributed by atoms with Crippen molar-refractivity contribution in [2.24, 2.45) is 11.7 Å². The van der Waals surface area contributed by atoms with Gasteiger partial charge in [0.25, 0.3) is 5.91 Å². The SMILES string of the molecule is CC(N)c1oc(-c2ccc(OC(F)F)c(OCC3CC3)c2)nc1C(=O)NCc1ccncc1. The van der Waals surface area contributed by atoms with E-state index < -0.39 is 18.6 Å². The first kappa shape index (κ1) is 22.7. The minimum Gasteiger partial charge on any atom is -0.489 e. The predicted molar refractivity (Wildman–Crippen MR) is 115 cm³/mol. The summed E-state index contributed by atoms with van der Waals surface area (Å²) in [5, 5.41) is 2.78. The van der Waals surface area contributed by atoms with Gasteiger partial charge in [-0.25, -0.2) is 4.98 Å². The number of halogens is 2. The molecular formula is C23H24F2N4O4. The molecule has 1 aromatic carbocycles. The van der Waals surface area contributed by atoms with Crippen LogP contribution < -0.4 is 20.5 Å². The molecular weight excluding hydrogens is 434 g/mol. The lowest BCUT2D eigenvalue weighted by atomic mass is 10.2. The number of nitrogens with two attached hydrogens (primary N) is 1. The van der Waals surface area contributed by atoms with Crippen LogP contribution in [0.15, 0.2) is 47.1 Å². The van der Waals surface area contributed by atoms with Crippen molar-refractivity contribution in [1.29, 1.82) is 0 Å². The quantitative estimate of drug-likeness (QED) is 0.471. The van der Waals surface area contributed by atoms with Gasteiger partial charge in [0, 0.05) is 24.5 Å². The number of amides is 1. The number of nitrogens with one attached hydrogen (secondary N) is 1. The van der Waals surface area contributed by atoms with Crippen LogP contribution in [-0.2, 0) is 6.54 Å². The molecule has 1 unspecified atom stereocenters. The third-order valence-corrected chi connectivity index (χ3v) is 5.06. The summed E-state index contributed by atoms with van der Waals surface area (Å²) >= 11 is 0. The molecule has 2 aromatic heterocycles. The zero-order chi connectivity index (χ0) is 23.4. The van der Waals surface area contributed by atoms with Crippen LogP contribution >= 0.6 is 0 Å². The highest BCUT2D eigenvalue weighted by Gasteiger charge is 2.26. The Hall–Kier alpha value is -3.53. The smallest absolute Gasteiger partial charge is 0.387 e. The molecule has 1 aliphatic rings. The maximum absolute atomic E-state index is 12.8. The largest absolute Gasteiger partial charge is 0.489 e. The molecule has 8 nitrogen and oxygen atoms in total. The summed E-state index contributed by atoms with van der Waals surface area (Å²) < 4.78 is 41.7. The van der Waals surface area contributed by atoms with E-state index in [1.54, 1.807) is 31.5 Å². The van der Waals surface area contributed by atoms with Gasteiger partial charge in [-0.15, -0.1) is 0 Å². The number of hydrogen-bond acceptors (Lipinski definition) is 7. The summed E-state index contributed by atoms with van der Waals surface area (Å²) in [6, 6.07) is 7.36. The van der Waals surface area contributed by atoms with Crippen molar-refractivity contribution in [3.63, 3.8) is 0 Å². The molecule has 1 fully saturated rings. The fourth-order valence-corrected chi connectivity index (χ4v) is 3.13. The van der Waals surface area contributed by atoms with Crippen molar-refractivity contribution in [2.75, 3.05) is 6.61 Å². The van der Waals surface area contributed by atoms with Crippen molar-refractivity contribution in [3.8, 4) is 23.0 Å². The molecule has 1 aliphatic carbocycles. The lowest BCUT2D eigenvalue weighted by molar-refractivity contribution is -0.0515. The number of hydrogen-bond donors (Lipinski definition) is 2. The molecule has 1 saturated carbocycles. The third-order valence-electron chi connectivity index (χ3n) is 5.06. The number of carbonyl (C=O) groups is 1. The van der Waals surface area contributed by atoms with Crippen molar-refractivity contribution in [3.05, 3.63) is 59.7 Å². The molecule has 174 valence electrons. The van der Waals surface area contributed by atoms with Crippen molar-refractivity contribution < 1.29 is 27.5 Å². The molecule has 10 heteroatoms. The van der Waals surface area contributed by atoms with Gasteiger partial charge in [-0.1, -0.05) is 0 Å². The van der Waals surface area contributed by atoms with Gasteiger partial charge in [-0.3, -0.25) is 9.78 Å². The Morgan fingerprint density at radius 1 is 1.24 bits per heavy atom. The van der Waals surface area contributed by atoms with E-state index in [-0.39, 0.29) is 35.4 Å². The first-order chi connectivity index (χ1) is 15.9. The van der Waals surface area contributed by atoms with E-state index in [4.69, 9.17) is 14.9 Å². The molecule has 0 bridgehead atoms. The summed E-state index contributed by atoms with van der Waals surface area (Å²) in [6.07, 6.45) is 5.35. The van der Waals surface area contributed by atoms with Gasteiger partial charge in [-0.05, 0) is 61.6 Å². The Labute approximate surface area is 189 Å². The summed E-state index contributed by atoms with van der Waals surface area (Å²) in [6.45, 7) is -0.627. The van der Waals surface area contributed by atoms with Gasteiger partial charge in [0.2, 0.25) is 5.89 Å². The van der Waals surface area contributed by atoms with Crippen LogP contribution in [0, 0.1) is 5.92 Å². The summed E-state index contributed by atoms with van der Waals surface area (Å²) in [4.78, 5) is 21.1. The summed E-state index contributed by atoms with van der Waals surface area (Å²) in [7, 11) is 0. The topological polar surface area (TPSA) is 113 Å². The van der Waals surface area contributed by atoms with Crippen molar-refractivity contribution >= 4 is 5.91 Å². The number of oxazole rings is 1. The van der Waals surface area contributed by atoms with Gasteiger partial charge < -0.3 is 24.9 Å². The van der Waals surface area contributed by atoms with Gasteiger partial charge in [-0.2, -0.15) is 8.78 Å². The third kappa shape index (κ3) is 5.83. The average Bonchev–Trinajstić information content (AvgIpc) is 3.52. The molecule has 33 heavy (non-hydrogen) atoms. The van der Waals surface area contributed by atoms with Crippen molar-refractivity contribution in [1.82, 2.24) is 15.3 Å². The second kappa shape index (κ2) is 9.95. The molecule has 3 aromatic rings. The van der Waals surface area contributed by atoms with Gasteiger partial charge in [0.05, 0.1) is 12.6 Å². The summed E-state index contributed by atoms with van der Waals surface area (Å²) in [5.41, 5.74) is 7.37. The lowest BCUT2D eigenvalue weighted by Gasteiger charge is -2.12. The van der Waals surface area contributed by atoms with Crippen LogP contribution in [0.1, 0.15) is 47.6 Å². The number of nitrogens with zero attached hydrogens (tertiary/aromatic N) is 2. The van der Waals surface area contributed by atoms with E-state index in [0.29, 0.717) is 18.1 Å². The Bertz CT molecular complexity index is 1100. The number of carbonyl (C=O) groups excluding carboxylic acids is 1. The maximum atomic E-state index is 12.8. The van der Waals surface area contributed by atoms with E-state index >= 15 is 0 Å². The zero-order valence-corrected chi connectivity index (χ0v) is 18.0. The number of pyridine rings is 1. The van der Waals surface area contributed by atoms with Crippen LogP contribution in [0.25, 0.3) is 11.5 Å². The predicted octanol–water partition coefficient (Wildman–Crippen LogP) is 4.08. The fourth-order valence-electron chi connectivity index (χ4n) is 3.13. The zero-order valence-electron chi connectivity index (χ0n) is 18.0. The Morgan fingerprint density at radius 3 is 2.67 bits per heavy atom. The van der Waals surface area contributed by atoms with E-state index in [1.165, 1.54) is 18.2 Å². The van der Waals surface area contributed by atoms with E-state index in [0.717, 1.165) is 18.4 Å². The minimum absolute atomic E-state index is 0.0578. The lowest BCUT2D eigenvalue weighted by Crippen LogP contribution is -2.25. The van der Waals surface area contributed by atoms with Crippen LogP contribution in [0.5, 0.6) is 11.5 Å². The number of alkyl halides is 2. The molecule has 0 saturated heterocycles. The number of aromatic nitrogens is 2. The highest BCUT2D eigenvalue weighted by atomic mass is 19.3. The van der Waals surface area contributed by atoms with Crippen LogP contribution in [0.3, 0.4) is 0 Å².